The van der Waals surface area contributed by atoms with Gasteiger partial charge in [0.1, 0.15) is 0 Å². The summed E-state index contributed by atoms with van der Waals surface area (Å²) in [6.07, 6.45) is 1.49. The highest BCUT2D eigenvalue weighted by Gasteiger charge is 2.30. The average Bonchev–Trinajstić information content (AvgIpc) is 2.64. The second-order valence-electron chi connectivity index (χ2n) is 6.54. The Hall–Kier alpha value is -1.56. The number of benzene rings is 1. The Morgan fingerprint density at radius 1 is 1.12 bits per heavy atom. The zero-order chi connectivity index (χ0) is 18.4. The van der Waals surface area contributed by atoms with Crippen molar-refractivity contribution in [1.82, 2.24) is 14.7 Å². The monoisotopic (exact) mass is 409 g/mol. The molecule has 1 aliphatic heterocycles. The molecule has 0 atom stereocenters. The molecule has 0 spiro atoms. The first-order chi connectivity index (χ1) is 12.0. The highest BCUT2D eigenvalue weighted by Crippen LogP contribution is 2.21. The molecule has 1 aromatic rings. The molecule has 0 N–H and O–H groups in total. The van der Waals surface area contributed by atoms with Crippen LogP contribution in [0, 0.1) is 5.92 Å². The summed E-state index contributed by atoms with van der Waals surface area (Å²) in [5.41, 5.74) is 1.12. The second kappa shape index (κ2) is 9.22. The van der Waals surface area contributed by atoms with Crippen molar-refractivity contribution in [2.75, 3.05) is 33.2 Å². The molecule has 1 saturated heterocycles. The summed E-state index contributed by atoms with van der Waals surface area (Å²) < 4.78 is 1.04. The van der Waals surface area contributed by atoms with Crippen LogP contribution in [0.1, 0.15) is 32.3 Å². The second-order valence-corrected chi connectivity index (χ2v) is 7.45. The number of halogens is 1. The first-order valence-corrected chi connectivity index (χ1v) is 9.78. The topological polar surface area (TPSA) is 43.9 Å². The van der Waals surface area contributed by atoms with Crippen LogP contribution in [0.15, 0.2) is 28.7 Å². The van der Waals surface area contributed by atoms with Gasteiger partial charge in [-0.15, -0.1) is 0 Å². The van der Waals surface area contributed by atoms with Gasteiger partial charge in [0.05, 0.1) is 0 Å². The number of likely N-dealkylation sites (tertiary alicyclic amines) is 1. The van der Waals surface area contributed by atoms with Gasteiger partial charge in [0.15, 0.2) is 0 Å². The lowest BCUT2D eigenvalue weighted by Crippen LogP contribution is -2.48. The van der Waals surface area contributed by atoms with Crippen molar-refractivity contribution in [2.45, 2.75) is 33.2 Å². The molecule has 1 aromatic carbocycles. The van der Waals surface area contributed by atoms with Crippen LogP contribution in [-0.4, -0.2) is 59.9 Å². The molecule has 0 aliphatic carbocycles. The van der Waals surface area contributed by atoms with Gasteiger partial charge in [0, 0.05) is 50.2 Å². The van der Waals surface area contributed by atoms with E-state index in [9.17, 15) is 9.59 Å². The van der Waals surface area contributed by atoms with E-state index in [1.54, 1.807) is 4.90 Å². The average molecular weight is 410 g/mol. The van der Waals surface area contributed by atoms with E-state index >= 15 is 0 Å². The molecule has 1 fully saturated rings. The lowest BCUT2D eigenvalue weighted by atomic mass is 9.95. The highest BCUT2D eigenvalue weighted by molar-refractivity contribution is 9.10. The van der Waals surface area contributed by atoms with Crippen molar-refractivity contribution in [3.63, 3.8) is 0 Å². The molecule has 0 aromatic heterocycles. The fourth-order valence-electron chi connectivity index (χ4n) is 3.27. The number of piperidine rings is 1. The van der Waals surface area contributed by atoms with Gasteiger partial charge in [-0.25, -0.2) is 4.79 Å². The normalized spacial score (nSPS) is 15.1. The molecular formula is C19H28BrN3O2. The summed E-state index contributed by atoms with van der Waals surface area (Å²) in [7, 11) is 1.86. The Morgan fingerprint density at radius 3 is 2.20 bits per heavy atom. The van der Waals surface area contributed by atoms with Crippen LogP contribution in [0.3, 0.4) is 0 Å². The van der Waals surface area contributed by atoms with E-state index in [-0.39, 0.29) is 17.9 Å². The van der Waals surface area contributed by atoms with Gasteiger partial charge in [-0.05, 0) is 44.4 Å². The molecule has 6 heteroatoms. The number of amides is 3. The van der Waals surface area contributed by atoms with E-state index in [2.05, 4.69) is 15.9 Å². The Labute approximate surface area is 159 Å². The largest absolute Gasteiger partial charge is 0.341 e. The van der Waals surface area contributed by atoms with E-state index in [1.807, 2.05) is 55.0 Å². The highest BCUT2D eigenvalue weighted by atomic mass is 79.9. The van der Waals surface area contributed by atoms with Crippen molar-refractivity contribution >= 4 is 27.9 Å². The minimum Gasteiger partial charge on any atom is -0.341 e. The molecule has 25 heavy (non-hydrogen) atoms. The van der Waals surface area contributed by atoms with E-state index in [0.717, 1.165) is 36.0 Å². The minimum atomic E-state index is 0.0150. The smallest absolute Gasteiger partial charge is 0.319 e. The van der Waals surface area contributed by atoms with Crippen LogP contribution in [0.4, 0.5) is 4.79 Å². The van der Waals surface area contributed by atoms with Crippen LogP contribution in [-0.2, 0) is 11.3 Å². The molecule has 138 valence electrons. The maximum Gasteiger partial charge on any atom is 0.319 e. The van der Waals surface area contributed by atoms with Gasteiger partial charge in [0.25, 0.3) is 0 Å². The van der Waals surface area contributed by atoms with E-state index in [0.29, 0.717) is 19.6 Å². The Balaban J connectivity index is 1.86. The number of urea groups is 1. The Morgan fingerprint density at radius 2 is 1.68 bits per heavy atom. The molecular weight excluding hydrogens is 382 g/mol. The third-order valence-corrected chi connectivity index (χ3v) is 5.39. The molecule has 0 radical (unpaired) electrons. The summed E-state index contributed by atoms with van der Waals surface area (Å²) in [4.78, 5) is 30.6. The summed E-state index contributed by atoms with van der Waals surface area (Å²) in [5, 5.41) is 0. The lowest BCUT2D eigenvalue weighted by molar-refractivity contribution is -0.136. The van der Waals surface area contributed by atoms with Crippen molar-refractivity contribution in [3.05, 3.63) is 34.3 Å². The van der Waals surface area contributed by atoms with Crippen molar-refractivity contribution in [3.8, 4) is 0 Å². The van der Waals surface area contributed by atoms with Gasteiger partial charge in [-0.3, -0.25) is 4.79 Å². The Bertz CT molecular complexity index is 579. The van der Waals surface area contributed by atoms with Gasteiger partial charge in [-0.1, -0.05) is 28.1 Å². The third-order valence-electron chi connectivity index (χ3n) is 4.86. The van der Waals surface area contributed by atoms with E-state index in [4.69, 9.17) is 0 Å². The van der Waals surface area contributed by atoms with Gasteiger partial charge >= 0.3 is 6.03 Å². The molecule has 2 rings (SSSR count). The van der Waals surface area contributed by atoms with E-state index in [1.165, 1.54) is 0 Å². The maximum atomic E-state index is 12.7. The van der Waals surface area contributed by atoms with Crippen LogP contribution < -0.4 is 0 Å². The molecule has 0 bridgehead atoms. The van der Waals surface area contributed by atoms with E-state index < -0.39 is 0 Å². The van der Waals surface area contributed by atoms with Crippen LogP contribution in [0.25, 0.3) is 0 Å². The summed E-state index contributed by atoms with van der Waals surface area (Å²) in [6, 6.07) is 8.13. The number of nitrogens with zero attached hydrogens (tertiary/aromatic N) is 3. The molecule has 3 amide bonds. The minimum absolute atomic E-state index is 0.0150. The van der Waals surface area contributed by atoms with Gasteiger partial charge in [-0.2, -0.15) is 0 Å². The van der Waals surface area contributed by atoms with Crippen LogP contribution in [0.5, 0.6) is 0 Å². The van der Waals surface area contributed by atoms with Crippen molar-refractivity contribution in [1.29, 1.82) is 0 Å². The lowest BCUT2D eigenvalue weighted by Gasteiger charge is -2.35. The fraction of sp³-hybridized carbons (Fsp3) is 0.579. The first-order valence-electron chi connectivity index (χ1n) is 8.99. The van der Waals surface area contributed by atoms with Crippen LogP contribution in [0.2, 0.25) is 0 Å². The quantitative estimate of drug-likeness (QED) is 0.745. The number of hydrogen-bond acceptors (Lipinski definition) is 2. The Kier molecular flexibility index (Phi) is 7.29. The fourth-order valence-corrected chi connectivity index (χ4v) is 3.53. The number of rotatable bonds is 5. The van der Waals surface area contributed by atoms with Gasteiger partial charge in [0.2, 0.25) is 5.91 Å². The summed E-state index contributed by atoms with van der Waals surface area (Å²) in [6.45, 7) is 7.39. The predicted molar refractivity (Wildman–Crippen MR) is 103 cm³/mol. The van der Waals surface area contributed by atoms with Crippen molar-refractivity contribution < 1.29 is 9.59 Å². The number of carbonyl (C=O) groups is 2. The SMILES string of the molecule is CCN(CC)C(=O)N1CCC(C(=O)N(C)Cc2ccc(Br)cc2)CC1. The van der Waals surface area contributed by atoms with Crippen molar-refractivity contribution in [2.24, 2.45) is 5.92 Å². The maximum absolute atomic E-state index is 12.7. The number of hydrogen-bond donors (Lipinski definition) is 0. The first kappa shape index (κ1) is 19.8. The molecule has 1 aliphatic rings. The molecule has 1 heterocycles. The molecule has 0 unspecified atom stereocenters. The van der Waals surface area contributed by atoms with Crippen LogP contribution >= 0.6 is 15.9 Å². The summed E-state index contributed by atoms with van der Waals surface area (Å²) in [5.74, 6) is 0.194. The molecule has 0 saturated carbocycles. The third kappa shape index (κ3) is 5.21. The number of carbonyl (C=O) groups excluding carboxylic acids is 2. The van der Waals surface area contributed by atoms with Gasteiger partial charge < -0.3 is 14.7 Å². The zero-order valence-corrected chi connectivity index (χ0v) is 17.0. The standard InChI is InChI=1S/C19H28BrN3O2/c1-4-22(5-2)19(25)23-12-10-16(11-13-23)18(24)21(3)14-15-6-8-17(20)9-7-15/h6-9,16H,4-5,10-14H2,1-3H3. The predicted octanol–water partition coefficient (Wildman–Crippen LogP) is 3.58. The molecule has 5 nitrogen and oxygen atoms in total. The zero-order valence-electron chi connectivity index (χ0n) is 15.4. The summed E-state index contributed by atoms with van der Waals surface area (Å²) >= 11 is 3.42.